The lowest BCUT2D eigenvalue weighted by molar-refractivity contribution is 0.0636. The standard InChI is InChI=1S/C11H18N4O2/c1-11(2,3)17-10(16)14-8-7-13-15-6-4-5-12-9(8)15/h7,12H,4-6H2,1-3H3,(H,14,16). The van der Waals surface area contributed by atoms with E-state index < -0.39 is 11.7 Å². The summed E-state index contributed by atoms with van der Waals surface area (Å²) in [6.45, 7) is 7.27. The van der Waals surface area contributed by atoms with Gasteiger partial charge in [0.1, 0.15) is 17.1 Å². The Balaban J connectivity index is 2.04. The van der Waals surface area contributed by atoms with Crippen molar-refractivity contribution >= 4 is 17.6 Å². The van der Waals surface area contributed by atoms with Crippen LogP contribution < -0.4 is 10.6 Å². The van der Waals surface area contributed by atoms with Crippen molar-refractivity contribution in [1.82, 2.24) is 9.78 Å². The number of aryl methyl sites for hydroxylation is 1. The highest BCUT2D eigenvalue weighted by molar-refractivity contribution is 5.88. The molecule has 0 spiro atoms. The zero-order valence-corrected chi connectivity index (χ0v) is 10.4. The first-order valence-corrected chi connectivity index (χ1v) is 5.75. The normalized spacial score (nSPS) is 14.8. The number of nitrogens with zero attached hydrogens (tertiary/aromatic N) is 2. The van der Waals surface area contributed by atoms with Crippen LogP contribution in [0.2, 0.25) is 0 Å². The molecule has 0 saturated heterocycles. The van der Waals surface area contributed by atoms with Gasteiger partial charge in [-0.3, -0.25) is 5.32 Å². The van der Waals surface area contributed by atoms with Crippen LogP contribution in [0.1, 0.15) is 27.2 Å². The molecule has 1 amide bonds. The second kappa shape index (κ2) is 4.27. The van der Waals surface area contributed by atoms with Gasteiger partial charge >= 0.3 is 6.09 Å². The molecule has 0 saturated carbocycles. The molecule has 2 rings (SSSR count). The Labute approximate surface area is 100 Å². The van der Waals surface area contributed by atoms with Crippen LogP contribution in [-0.2, 0) is 11.3 Å². The van der Waals surface area contributed by atoms with Crippen LogP contribution >= 0.6 is 0 Å². The molecule has 1 aromatic heterocycles. The molecule has 0 atom stereocenters. The maximum Gasteiger partial charge on any atom is 0.412 e. The summed E-state index contributed by atoms with van der Waals surface area (Å²) in [6, 6.07) is 0. The summed E-state index contributed by atoms with van der Waals surface area (Å²) in [7, 11) is 0. The number of ether oxygens (including phenoxy) is 1. The van der Waals surface area contributed by atoms with E-state index in [4.69, 9.17) is 4.74 Å². The molecule has 0 aromatic carbocycles. The monoisotopic (exact) mass is 238 g/mol. The Bertz CT molecular complexity index is 420. The molecular formula is C11H18N4O2. The maximum atomic E-state index is 11.6. The molecule has 1 aromatic rings. The lowest BCUT2D eigenvalue weighted by atomic mass is 10.2. The van der Waals surface area contributed by atoms with Crippen molar-refractivity contribution in [2.24, 2.45) is 0 Å². The Hall–Kier alpha value is -1.72. The van der Waals surface area contributed by atoms with Gasteiger partial charge in [0.25, 0.3) is 0 Å². The van der Waals surface area contributed by atoms with Crippen molar-refractivity contribution in [3.8, 4) is 0 Å². The predicted molar refractivity (Wildman–Crippen MR) is 65.2 cm³/mol. The molecular weight excluding hydrogens is 220 g/mol. The van der Waals surface area contributed by atoms with Gasteiger partial charge in [-0.2, -0.15) is 5.10 Å². The largest absolute Gasteiger partial charge is 0.444 e. The van der Waals surface area contributed by atoms with Gasteiger partial charge in [-0.05, 0) is 27.2 Å². The maximum absolute atomic E-state index is 11.6. The molecule has 0 radical (unpaired) electrons. The minimum Gasteiger partial charge on any atom is -0.444 e. The first-order valence-electron chi connectivity index (χ1n) is 5.75. The van der Waals surface area contributed by atoms with E-state index >= 15 is 0 Å². The fraction of sp³-hybridized carbons (Fsp3) is 0.636. The molecule has 17 heavy (non-hydrogen) atoms. The number of aromatic nitrogens is 2. The molecule has 1 aliphatic rings. The second-order valence-corrected chi connectivity index (χ2v) is 5.04. The summed E-state index contributed by atoms with van der Waals surface area (Å²) in [5, 5.41) is 10.1. The Morgan fingerprint density at radius 2 is 2.35 bits per heavy atom. The molecule has 0 unspecified atom stereocenters. The quantitative estimate of drug-likeness (QED) is 0.785. The fourth-order valence-corrected chi connectivity index (χ4v) is 1.68. The predicted octanol–water partition coefficient (Wildman–Crippen LogP) is 2.05. The van der Waals surface area contributed by atoms with Gasteiger partial charge in [0.15, 0.2) is 0 Å². The van der Waals surface area contributed by atoms with E-state index in [-0.39, 0.29) is 0 Å². The van der Waals surface area contributed by atoms with Crippen LogP contribution in [-0.4, -0.2) is 28.0 Å². The number of rotatable bonds is 1. The number of hydrogen-bond donors (Lipinski definition) is 2. The van der Waals surface area contributed by atoms with E-state index in [1.807, 2.05) is 25.5 Å². The summed E-state index contributed by atoms with van der Waals surface area (Å²) < 4.78 is 7.03. The molecule has 0 fully saturated rings. The van der Waals surface area contributed by atoms with E-state index in [0.29, 0.717) is 5.69 Å². The molecule has 0 aliphatic carbocycles. The van der Waals surface area contributed by atoms with Gasteiger partial charge in [0.2, 0.25) is 0 Å². The lowest BCUT2D eigenvalue weighted by Gasteiger charge is -2.20. The Morgan fingerprint density at radius 3 is 3.06 bits per heavy atom. The van der Waals surface area contributed by atoms with E-state index in [2.05, 4.69) is 15.7 Å². The molecule has 6 nitrogen and oxygen atoms in total. The third kappa shape index (κ3) is 2.89. The lowest BCUT2D eigenvalue weighted by Crippen LogP contribution is -2.27. The van der Waals surface area contributed by atoms with E-state index in [1.54, 1.807) is 6.20 Å². The summed E-state index contributed by atoms with van der Waals surface area (Å²) in [5.41, 5.74) is 0.170. The minimum absolute atomic E-state index is 0.458. The van der Waals surface area contributed by atoms with Gasteiger partial charge in [0.05, 0.1) is 6.20 Å². The third-order valence-electron chi connectivity index (χ3n) is 2.31. The Morgan fingerprint density at radius 1 is 1.59 bits per heavy atom. The van der Waals surface area contributed by atoms with Crippen LogP contribution in [0, 0.1) is 0 Å². The molecule has 2 heterocycles. The van der Waals surface area contributed by atoms with Gasteiger partial charge in [-0.1, -0.05) is 0 Å². The third-order valence-corrected chi connectivity index (χ3v) is 2.31. The average Bonchev–Trinajstić information content (AvgIpc) is 2.59. The highest BCUT2D eigenvalue weighted by atomic mass is 16.6. The number of fused-ring (bicyclic) bond motifs is 1. The smallest absolute Gasteiger partial charge is 0.412 e. The van der Waals surface area contributed by atoms with Crippen molar-refractivity contribution in [1.29, 1.82) is 0 Å². The zero-order chi connectivity index (χ0) is 12.5. The number of anilines is 2. The first-order chi connectivity index (χ1) is 7.96. The van der Waals surface area contributed by atoms with Crippen LogP contribution in [0.15, 0.2) is 6.20 Å². The van der Waals surface area contributed by atoms with Crippen LogP contribution in [0.4, 0.5) is 16.3 Å². The zero-order valence-electron chi connectivity index (χ0n) is 10.4. The second-order valence-electron chi connectivity index (χ2n) is 5.04. The topological polar surface area (TPSA) is 68.2 Å². The first kappa shape index (κ1) is 11.8. The van der Waals surface area contributed by atoms with Gasteiger partial charge < -0.3 is 10.1 Å². The van der Waals surface area contributed by atoms with Crippen LogP contribution in [0.3, 0.4) is 0 Å². The summed E-state index contributed by atoms with van der Waals surface area (Å²) in [5.74, 6) is 0.849. The number of amides is 1. The number of hydrogen-bond acceptors (Lipinski definition) is 4. The fourth-order valence-electron chi connectivity index (χ4n) is 1.68. The van der Waals surface area contributed by atoms with Crippen molar-refractivity contribution in [2.45, 2.75) is 39.3 Å². The summed E-state index contributed by atoms with van der Waals surface area (Å²) in [6.07, 6.45) is 2.22. The number of carbonyl (C=O) groups excluding carboxylic acids is 1. The van der Waals surface area contributed by atoms with E-state index in [0.717, 1.165) is 25.3 Å². The molecule has 2 N–H and O–H groups in total. The highest BCUT2D eigenvalue weighted by Crippen LogP contribution is 2.24. The summed E-state index contributed by atoms with van der Waals surface area (Å²) in [4.78, 5) is 11.6. The SMILES string of the molecule is CC(C)(C)OC(=O)Nc1cnn2c1NCCC2. The van der Waals surface area contributed by atoms with Crippen molar-refractivity contribution in [3.63, 3.8) is 0 Å². The van der Waals surface area contributed by atoms with Gasteiger partial charge in [-0.15, -0.1) is 0 Å². The summed E-state index contributed by atoms with van der Waals surface area (Å²) >= 11 is 0. The number of carbonyl (C=O) groups is 1. The van der Waals surface area contributed by atoms with Crippen LogP contribution in [0.5, 0.6) is 0 Å². The van der Waals surface area contributed by atoms with Crippen molar-refractivity contribution < 1.29 is 9.53 Å². The van der Waals surface area contributed by atoms with Gasteiger partial charge in [0, 0.05) is 13.1 Å². The van der Waals surface area contributed by atoms with E-state index in [1.165, 1.54) is 0 Å². The van der Waals surface area contributed by atoms with Crippen LogP contribution in [0.25, 0.3) is 0 Å². The molecule has 0 bridgehead atoms. The van der Waals surface area contributed by atoms with Crippen molar-refractivity contribution in [3.05, 3.63) is 6.20 Å². The molecule has 1 aliphatic heterocycles. The molecule has 6 heteroatoms. The van der Waals surface area contributed by atoms with Gasteiger partial charge in [-0.25, -0.2) is 9.48 Å². The molecule has 94 valence electrons. The van der Waals surface area contributed by atoms with E-state index in [9.17, 15) is 4.79 Å². The highest BCUT2D eigenvalue weighted by Gasteiger charge is 2.20. The number of nitrogens with one attached hydrogen (secondary N) is 2. The minimum atomic E-state index is -0.495. The Kier molecular flexibility index (Phi) is 2.95. The average molecular weight is 238 g/mol. The van der Waals surface area contributed by atoms with Crippen molar-refractivity contribution in [2.75, 3.05) is 17.2 Å².